The summed E-state index contributed by atoms with van der Waals surface area (Å²) in [6, 6.07) is 12.8. The molecule has 98 valence electrons. The number of H-pyrrole nitrogens is 1. The molecule has 2 rings (SSSR count). The Bertz CT molecular complexity index is 545. The van der Waals surface area contributed by atoms with Crippen LogP contribution in [0, 0.1) is 0 Å². The molecule has 1 aromatic carbocycles. The lowest BCUT2D eigenvalue weighted by molar-refractivity contribution is -0.426. The monoisotopic (exact) mass is 293 g/mol. The van der Waals surface area contributed by atoms with Gasteiger partial charge in [-0.25, -0.2) is 4.98 Å². The zero-order valence-corrected chi connectivity index (χ0v) is 12.0. The minimum Gasteiger partial charge on any atom is -0.325 e. The Balaban J connectivity index is 1.94. The molecule has 19 heavy (non-hydrogen) atoms. The Labute approximate surface area is 121 Å². The van der Waals surface area contributed by atoms with Crippen molar-refractivity contribution in [3.05, 3.63) is 53.7 Å². The van der Waals surface area contributed by atoms with E-state index in [0.717, 1.165) is 10.7 Å². The molecule has 1 heterocycles. The molecule has 1 aromatic heterocycles. The summed E-state index contributed by atoms with van der Waals surface area (Å²) < 4.78 is 0. The van der Waals surface area contributed by atoms with Crippen molar-refractivity contribution in [2.24, 2.45) is 0 Å². The van der Waals surface area contributed by atoms with E-state index < -0.39 is 0 Å². The number of aromatic amines is 1. The second kappa shape index (κ2) is 6.59. The second-order valence-corrected chi connectivity index (χ2v) is 5.80. The van der Waals surface area contributed by atoms with E-state index in [1.165, 1.54) is 11.8 Å². The number of benzene rings is 1. The molecule has 1 amide bonds. The van der Waals surface area contributed by atoms with E-state index in [4.69, 9.17) is 11.6 Å². The quantitative estimate of drug-likeness (QED) is 0.879. The molecule has 0 aliphatic heterocycles. The largest absolute Gasteiger partial charge is 0.325 e. The van der Waals surface area contributed by atoms with E-state index in [1.54, 1.807) is 24.3 Å². The zero-order valence-electron chi connectivity index (χ0n) is 10.4. The number of thioether (sulfide) groups is 1. The third-order valence-electron chi connectivity index (χ3n) is 2.47. The van der Waals surface area contributed by atoms with E-state index >= 15 is 0 Å². The lowest BCUT2D eigenvalue weighted by atomic mass is 10.3. The van der Waals surface area contributed by atoms with Gasteiger partial charge in [-0.15, -0.1) is 0 Å². The first-order valence-electron chi connectivity index (χ1n) is 5.85. The normalized spacial score (nSPS) is 11.9. The first kappa shape index (κ1) is 13.9. The minimum absolute atomic E-state index is 0.0374. The predicted molar refractivity (Wildman–Crippen MR) is 78.4 cm³/mol. The van der Waals surface area contributed by atoms with Crippen LogP contribution in [0.2, 0.25) is 5.02 Å². The third kappa shape index (κ3) is 4.26. The predicted octanol–water partition coefficient (Wildman–Crippen LogP) is 3.27. The van der Waals surface area contributed by atoms with Crippen LogP contribution >= 0.6 is 23.4 Å². The fourth-order valence-corrected chi connectivity index (χ4v) is 2.44. The van der Waals surface area contributed by atoms with Gasteiger partial charge in [0.25, 0.3) is 0 Å². The van der Waals surface area contributed by atoms with E-state index in [1.807, 2.05) is 31.3 Å². The second-order valence-electron chi connectivity index (χ2n) is 3.98. The lowest BCUT2D eigenvalue weighted by Gasteiger charge is -2.09. The molecule has 0 spiro atoms. The summed E-state index contributed by atoms with van der Waals surface area (Å²) in [6.07, 6.45) is 1.84. The Hall–Kier alpha value is -1.52. The minimum atomic E-state index is -0.186. The number of hydrogen-bond acceptors (Lipinski definition) is 2. The van der Waals surface area contributed by atoms with Crippen LogP contribution < -0.4 is 10.3 Å². The van der Waals surface area contributed by atoms with Crippen molar-refractivity contribution in [3.63, 3.8) is 0 Å². The van der Waals surface area contributed by atoms with Crippen LogP contribution in [0.15, 0.2) is 53.7 Å². The maximum absolute atomic E-state index is 12.0. The highest BCUT2D eigenvalue weighted by Crippen LogP contribution is 2.20. The van der Waals surface area contributed by atoms with Crippen LogP contribution in [0.5, 0.6) is 0 Å². The first-order valence-corrected chi connectivity index (χ1v) is 7.11. The smallest absolute Gasteiger partial charge is 0.239 e. The highest BCUT2D eigenvalue weighted by atomic mass is 35.5. The highest BCUT2D eigenvalue weighted by Gasteiger charge is 2.17. The van der Waals surface area contributed by atoms with Gasteiger partial charge in [-0.2, -0.15) is 0 Å². The number of carbonyl (C=O) groups excluding carboxylic acids is 1. The number of nitrogens with one attached hydrogen (secondary N) is 2. The van der Waals surface area contributed by atoms with E-state index in [-0.39, 0.29) is 11.2 Å². The summed E-state index contributed by atoms with van der Waals surface area (Å²) in [4.78, 5) is 15.1. The molecular weight excluding hydrogens is 280 g/mol. The summed E-state index contributed by atoms with van der Waals surface area (Å²) in [5.74, 6) is -0.0374. The van der Waals surface area contributed by atoms with E-state index in [2.05, 4.69) is 10.3 Å². The fraction of sp³-hybridized carbons (Fsp3) is 0.143. The average molecular weight is 294 g/mol. The van der Waals surface area contributed by atoms with Crippen LogP contribution in [-0.2, 0) is 4.79 Å². The zero-order chi connectivity index (χ0) is 13.7. The van der Waals surface area contributed by atoms with Crippen LogP contribution in [0.4, 0.5) is 5.69 Å². The van der Waals surface area contributed by atoms with Gasteiger partial charge in [-0.05, 0) is 49.0 Å². The maximum atomic E-state index is 12.0. The molecule has 0 fully saturated rings. The average Bonchev–Trinajstić information content (AvgIpc) is 2.42. The van der Waals surface area contributed by atoms with Crippen molar-refractivity contribution >= 4 is 35.0 Å². The molecule has 5 heteroatoms. The molecule has 1 unspecified atom stereocenters. The van der Waals surface area contributed by atoms with Crippen LogP contribution in [-0.4, -0.2) is 11.2 Å². The van der Waals surface area contributed by atoms with Crippen LogP contribution in [0.1, 0.15) is 6.92 Å². The van der Waals surface area contributed by atoms with E-state index in [9.17, 15) is 4.79 Å². The maximum Gasteiger partial charge on any atom is 0.239 e. The van der Waals surface area contributed by atoms with Crippen molar-refractivity contribution in [2.45, 2.75) is 17.2 Å². The van der Waals surface area contributed by atoms with Gasteiger partial charge in [-0.3, -0.25) is 4.79 Å². The molecular formula is C14H14ClN2OS+. The van der Waals surface area contributed by atoms with Gasteiger partial charge in [0.1, 0.15) is 0 Å². The fourth-order valence-electron chi connectivity index (χ4n) is 1.47. The Morgan fingerprint density at radius 1 is 1.26 bits per heavy atom. The van der Waals surface area contributed by atoms with Gasteiger partial charge in [0, 0.05) is 22.8 Å². The van der Waals surface area contributed by atoms with Gasteiger partial charge >= 0.3 is 0 Å². The van der Waals surface area contributed by atoms with Crippen molar-refractivity contribution in [2.75, 3.05) is 5.32 Å². The first-order chi connectivity index (χ1) is 9.15. The number of pyridine rings is 1. The van der Waals surface area contributed by atoms with Crippen molar-refractivity contribution in [1.29, 1.82) is 0 Å². The number of hydrogen-bond donors (Lipinski definition) is 1. The standard InChI is InChI=1S/C14H13ClN2OS/c1-10(19-13-4-2-3-9-16-13)14(18)17-12-7-5-11(15)6-8-12/h2-10H,1H3,(H,17,18)/p+1. The molecule has 1 atom stereocenters. The van der Waals surface area contributed by atoms with Crippen molar-refractivity contribution < 1.29 is 9.78 Å². The summed E-state index contributed by atoms with van der Waals surface area (Å²) in [7, 11) is 0. The van der Waals surface area contributed by atoms with Crippen molar-refractivity contribution in [3.8, 4) is 0 Å². The number of rotatable bonds is 4. The van der Waals surface area contributed by atoms with Crippen molar-refractivity contribution in [1.82, 2.24) is 0 Å². The van der Waals surface area contributed by atoms with Gasteiger partial charge in [-0.1, -0.05) is 11.6 Å². The number of amides is 1. The number of aromatic nitrogens is 1. The third-order valence-corrected chi connectivity index (χ3v) is 3.79. The molecule has 0 bridgehead atoms. The molecule has 0 saturated carbocycles. The number of anilines is 1. The Morgan fingerprint density at radius 2 is 2.00 bits per heavy atom. The van der Waals surface area contributed by atoms with Gasteiger partial charge in [0.2, 0.25) is 10.9 Å². The molecule has 0 aliphatic rings. The van der Waals surface area contributed by atoms with Gasteiger partial charge in [0.15, 0.2) is 6.20 Å². The number of halogens is 1. The summed E-state index contributed by atoms with van der Waals surface area (Å²) in [6.45, 7) is 1.87. The van der Waals surface area contributed by atoms with Crippen LogP contribution in [0.25, 0.3) is 0 Å². The Morgan fingerprint density at radius 3 is 2.63 bits per heavy atom. The number of carbonyl (C=O) groups is 1. The molecule has 0 radical (unpaired) electrons. The SMILES string of the molecule is CC(Sc1cccc[nH+]1)C(=O)Nc1ccc(Cl)cc1. The summed E-state index contributed by atoms with van der Waals surface area (Å²) in [5, 5.41) is 4.28. The Kier molecular flexibility index (Phi) is 4.82. The molecule has 3 nitrogen and oxygen atoms in total. The van der Waals surface area contributed by atoms with Gasteiger partial charge < -0.3 is 5.32 Å². The van der Waals surface area contributed by atoms with Crippen LogP contribution in [0.3, 0.4) is 0 Å². The lowest BCUT2D eigenvalue weighted by Crippen LogP contribution is -2.23. The van der Waals surface area contributed by atoms with E-state index in [0.29, 0.717) is 5.02 Å². The molecule has 0 saturated heterocycles. The highest BCUT2D eigenvalue weighted by molar-refractivity contribution is 8.00. The summed E-state index contributed by atoms with van der Waals surface area (Å²) >= 11 is 7.28. The molecule has 0 aliphatic carbocycles. The molecule has 2 aromatic rings. The molecule has 2 N–H and O–H groups in total. The summed E-state index contributed by atoms with van der Waals surface area (Å²) in [5.41, 5.74) is 0.749. The topological polar surface area (TPSA) is 43.2 Å². The van der Waals surface area contributed by atoms with Gasteiger partial charge in [0.05, 0.1) is 5.25 Å².